The number of halogens is 1. The lowest BCUT2D eigenvalue weighted by Gasteiger charge is -2.19. The van der Waals surface area contributed by atoms with Crippen LogP contribution in [0.5, 0.6) is 0 Å². The van der Waals surface area contributed by atoms with Crippen molar-refractivity contribution in [1.29, 1.82) is 0 Å². The average Bonchev–Trinajstić information content (AvgIpc) is 2.91. The van der Waals surface area contributed by atoms with Crippen LogP contribution >= 0.6 is 11.3 Å². The van der Waals surface area contributed by atoms with Gasteiger partial charge < -0.3 is 4.90 Å². The van der Waals surface area contributed by atoms with E-state index in [1.807, 2.05) is 13.8 Å². The second-order valence-electron chi connectivity index (χ2n) is 5.70. The SMILES string of the molecule is Cc1nc(CC(=O)c2cc(F)cc(N(C)c3cncnc3)c2)sc1C. The fourth-order valence-electron chi connectivity index (χ4n) is 2.40. The molecular weight excluding hydrogens is 339 g/mol. The average molecular weight is 356 g/mol. The van der Waals surface area contributed by atoms with Crippen molar-refractivity contribution in [3.05, 3.63) is 63.9 Å². The van der Waals surface area contributed by atoms with E-state index in [9.17, 15) is 9.18 Å². The van der Waals surface area contributed by atoms with Crippen molar-refractivity contribution in [1.82, 2.24) is 15.0 Å². The van der Waals surface area contributed by atoms with E-state index in [1.165, 1.54) is 29.8 Å². The first-order chi connectivity index (χ1) is 11.9. The fourth-order valence-corrected chi connectivity index (χ4v) is 3.33. The van der Waals surface area contributed by atoms with Crippen LogP contribution in [-0.2, 0) is 6.42 Å². The number of benzene rings is 1. The summed E-state index contributed by atoms with van der Waals surface area (Å²) >= 11 is 1.50. The molecule has 0 amide bonds. The Balaban J connectivity index is 1.87. The highest BCUT2D eigenvalue weighted by molar-refractivity contribution is 7.11. The van der Waals surface area contributed by atoms with Gasteiger partial charge in [0.1, 0.15) is 17.2 Å². The van der Waals surface area contributed by atoms with E-state index in [0.29, 0.717) is 16.9 Å². The molecule has 3 rings (SSSR count). The van der Waals surface area contributed by atoms with Crippen molar-refractivity contribution in [2.24, 2.45) is 0 Å². The number of aromatic nitrogens is 3. The first-order valence-electron chi connectivity index (χ1n) is 7.69. The topological polar surface area (TPSA) is 59.0 Å². The molecule has 3 aromatic rings. The second-order valence-corrected chi connectivity index (χ2v) is 6.99. The van der Waals surface area contributed by atoms with E-state index >= 15 is 0 Å². The molecule has 0 atom stereocenters. The van der Waals surface area contributed by atoms with Gasteiger partial charge in [-0.25, -0.2) is 19.3 Å². The number of ketones is 1. The van der Waals surface area contributed by atoms with Crippen molar-refractivity contribution in [3.8, 4) is 0 Å². The van der Waals surface area contributed by atoms with Gasteiger partial charge in [-0.15, -0.1) is 11.3 Å². The molecule has 7 heteroatoms. The molecule has 0 N–H and O–H groups in total. The van der Waals surface area contributed by atoms with Crippen LogP contribution in [0.2, 0.25) is 0 Å². The number of rotatable bonds is 5. The first-order valence-corrected chi connectivity index (χ1v) is 8.51. The van der Waals surface area contributed by atoms with Crippen molar-refractivity contribution >= 4 is 28.5 Å². The summed E-state index contributed by atoms with van der Waals surface area (Å²) in [6, 6.07) is 4.31. The third-order valence-corrected chi connectivity index (χ3v) is 4.98. The molecule has 2 heterocycles. The van der Waals surface area contributed by atoms with Crippen LogP contribution in [0, 0.1) is 19.7 Å². The summed E-state index contributed by atoms with van der Waals surface area (Å²) in [7, 11) is 1.77. The normalized spacial score (nSPS) is 10.7. The Labute approximate surface area is 149 Å². The summed E-state index contributed by atoms with van der Waals surface area (Å²) in [5.74, 6) is -0.622. The molecule has 0 aliphatic heterocycles. The van der Waals surface area contributed by atoms with E-state index in [1.54, 1.807) is 30.4 Å². The predicted molar refractivity (Wildman–Crippen MR) is 96.1 cm³/mol. The predicted octanol–water partition coefficient (Wildman–Crippen LogP) is 3.88. The number of aryl methyl sites for hydroxylation is 2. The Kier molecular flexibility index (Phi) is 4.85. The molecule has 128 valence electrons. The van der Waals surface area contributed by atoms with Gasteiger partial charge in [0, 0.05) is 23.2 Å². The zero-order chi connectivity index (χ0) is 18.0. The number of thiazole rings is 1. The highest BCUT2D eigenvalue weighted by Gasteiger charge is 2.15. The van der Waals surface area contributed by atoms with Crippen LogP contribution in [0.3, 0.4) is 0 Å². The minimum absolute atomic E-state index is 0.160. The molecule has 1 aromatic carbocycles. The van der Waals surface area contributed by atoms with Gasteiger partial charge in [-0.05, 0) is 32.0 Å². The molecule has 25 heavy (non-hydrogen) atoms. The van der Waals surface area contributed by atoms with E-state index in [2.05, 4.69) is 15.0 Å². The number of hydrogen-bond donors (Lipinski definition) is 0. The smallest absolute Gasteiger partial charge is 0.169 e. The van der Waals surface area contributed by atoms with Crippen LogP contribution in [0.1, 0.15) is 25.9 Å². The van der Waals surface area contributed by atoms with Crippen LogP contribution in [-0.4, -0.2) is 27.8 Å². The lowest BCUT2D eigenvalue weighted by Crippen LogP contribution is -2.12. The summed E-state index contributed by atoms with van der Waals surface area (Å²) in [5, 5.41) is 0.746. The number of carbonyl (C=O) groups excluding carboxylic acids is 1. The number of nitrogens with zero attached hydrogens (tertiary/aromatic N) is 4. The zero-order valence-corrected chi connectivity index (χ0v) is 15.0. The van der Waals surface area contributed by atoms with Gasteiger partial charge in [0.05, 0.1) is 30.2 Å². The Morgan fingerprint density at radius 1 is 1.16 bits per heavy atom. The van der Waals surface area contributed by atoms with Crippen LogP contribution < -0.4 is 4.90 Å². The lowest BCUT2D eigenvalue weighted by atomic mass is 10.1. The monoisotopic (exact) mass is 356 g/mol. The largest absolute Gasteiger partial charge is 0.342 e. The van der Waals surface area contributed by atoms with Crippen LogP contribution in [0.4, 0.5) is 15.8 Å². The van der Waals surface area contributed by atoms with Crippen molar-refractivity contribution in [2.45, 2.75) is 20.3 Å². The molecule has 5 nitrogen and oxygen atoms in total. The third-order valence-electron chi connectivity index (χ3n) is 3.91. The number of anilines is 2. The molecule has 0 saturated heterocycles. The van der Waals surface area contributed by atoms with E-state index in [0.717, 1.165) is 15.6 Å². The number of hydrogen-bond acceptors (Lipinski definition) is 6. The molecule has 0 saturated carbocycles. The minimum Gasteiger partial charge on any atom is -0.342 e. The van der Waals surface area contributed by atoms with Crippen molar-refractivity contribution in [3.63, 3.8) is 0 Å². The zero-order valence-electron chi connectivity index (χ0n) is 14.2. The maximum atomic E-state index is 14.0. The Bertz CT molecular complexity index is 891. The maximum absolute atomic E-state index is 14.0. The summed E-state index contributed by atoms with van der Waals surface area (Å²) in [6.07, 6.45) is 4.84. The fraction of sp³-hybridized carbons (Fsp3) is 0.222. The van der Waals surface area contributed by atoms with Gasteiger partial charge in [-0.3, -0.25) is 4.79 Å². The second kappa shape index (κ2) is 7.06. The number of carbonyl (C=O) groups is 1. The van der Waals surface area contributed by atoms with E-state index < -0.39 is 5.82 Å². The van der Waals surface area contributed by atoms with Gasteiger partial charge in [0.2, 0.25) is 0 Å². The lowest BCUT2D eigenvalue weighted by molar-refractivity contribution is 0.0992. The van der Waals surface area contributed by atoms with E-state index in [4.69, 9.17) is 0 Å². The quantitative estimate of drug-likeness (QED) is 0.649. The standard InChI is InChI=1S/C18H17FN4OS/c1-11-12(2)25-18(22-11)7-17(24)13-4-14(19)6-15(5-13)23(3)16-8-20-10-21-9-16/h4-6,8-10H,7H2,1-3H3. The first kappa shape index (κ1) is 17.2. The molecule has 0 radical (unpaired) electrons. The van der Waals surface area contributed by atoms with E-state index in [-0.39, 0.29) is 12.2 Å². The minimum atomic E-state index is -0.462. The Morgan fingerprint density at radius 3 is 2.52 bits per heavy atom. The molecule has 0 spiro atoms. The molecule has 0 unspecified atom stereocenters. The van der Waals surface area contributed by atoms with Crippen LogP contribution in [0.15, 0.2) is 36.9 Å². The molecular formula is C18H17FN4OS. The van der Waals surface area contributed by atoms with Gasteiger partial charge in [0.15, 0.2) is 5.78 Å². The van der Waals surface area contributed by atoms with Gasteiger partial charge in [-0.1, -0.05) is 0 Å². The number of Topliss-reactive ketones (excluding diaryl/α,β-unsaturated/α-hetero) is 1. The van der Waals surface area contributed by atoms with Crippen molar-refractivity contribution < 1.29 is 9.18 Å². The third kappa shape index (κ3) is 3.88. The molecule has 2 aromatic heterocycles. The van der Waals surface area contributed by atoms with Gasteiger partial charge in [0.25, 0.3) is 0 Å². The van der Waals surface area contributed by atoms with Crippen LogP contribution in [0.25, 0.3) is 0 Å². The summed E-state index contributed by atoms with van der Waals surface area (Å²) < 4.78 is 14.0. The molecule has 0 bridgehead atoms. The molecule has 0 aliphatic rings. The summed E-state index contributed by atoms with van der Waals surface area (Å²) in [4.78, 5) is 27.7. The summed E-state index contributed by atoms with van der Waals surface area (Å²) in [5.41, 5.74) is 2.52. The maximum Gasteiger partial charge on any atom is 0.169 e. The summed E-state index contributed by atoms with van der Waals surface area (Å²) in [6.45, 7) is 3.88. The molecule has 0 fully saturated rings. The van der Waals surface area contributed by atoms with Crippen molar-refractivity contribution in [2.75, 3.05) is 11.9 Å². The highest BCUT2D eigenvalue weighted by atomic mass is 32.1. The van der Waals surface area contributed by atoms with Gasteiger partial charge in [-0.2, -0.15) is 0 Å². The Hall–Kier alpha value is -2.67. The highest BCUT2D eigenvalue weighted by Crippen LogP contribution is 2.25. The molecule has 0 aliphatic carbocycles. The Morgan fingerprint density at radius 2 is 1.88 bits per heavy atom. The van der Waals surface area contributed by atoms with Gasteiger partial charge >= 0.3 is 0 Å².